The van der Waals surface area contributed by atoms with Crippen molar-refractivity contribution in [2.75, 3.05) is 0 Å². The van der Waals surface area contributed by atoms with Crippen LogP contribution in [0.4, 0.5) is 0 Å². The molecule has 1 rings (SSSR count). The summed E-state index contributed by atoms with van der Waals surface area (Å²) in [5.74, 6) is -2.18. The molecule has 0 amide bonds. The summed E-state index contributed by atoms with van der Waals surface area (Å²) in [6.45, 7) is 3.71. The Bertz CT molecular complexity index is 314. The summed E-state index contributed by atoms with van der Waals surface area (Å²) in [5, 5.41) is 17.8. The number of aliphatic carboxylic acids is 2. The van der Waals surface area contributed by atoms with Crippen LogP contribution >= 0.6 is 0 Å². The number of carbonyl (C=O) groups is 2. The van der Waals surface area contributed by atoms with E-state index in [0.29, 0.717) is 11.5 Å². The van der Waals surface area contributed by atoms with Gasteiger partial charge in [0.05, 0.1) is 0 Å². The van der Waals surface area contributed by atoms with Gasteiger partial charge in [-0.1, -0.05) is 26.2 Å². The molecule has 0 radical (unpaired) electrons. The van der Waals surface area contributed by atoms with Crippen LogP contribution in [0.3, 0.4) is 0 Å². The molecule has 2 atom stereocenters. The number of hydrogen-bond acceptors (Lipinski definition) is 2. The number of carboxylic acid groups (broad SMARTS) is 2. The van der Waals surface area contributed by atoms with Crippen LogP contribution in [0.15, 0.2) is 11.1 Å². The third-order valence-electron chi connectivity index (χ3n) is 3.49. The molecule has 90 valence electrons. The Morgan fingerprint density at radius 1 is 1.06 bits per heavy atom. The molecule has 0 aliphatic heterocycles. The Labute approximate surface area is 95.0 Å². The maximum absolute atomic E-state index is 10.9. The quantitative estimate of drug-likeness (QED) is 0.440. The third-order valence-corrected chi connectivity index (χ3v) is 3.49. The van der Waals surface area contributed by atoms with E-state index in [1.165, 1.54) is 0 Å². The molecule has 2 unspecified atom stereocenters. The minimum atomic E-state index is -1.33. The zero-order valence-corrected chi connectivity index (χ0v) is 9.69. The zero-order valence-electron chi connectivity index (χ0n) is 9.69. The highest BCUT2D eigenvalue weighted by Gasteiger charge is 2.29. The first-order valence-electron chi connectivity index (χ1n) is 5.62. The molecule has 0 aromatic carbocycles. The largest absolute Gasteiger partial charge is 0.477 e. The van der Waals surface area contributed by atoms with E-state index >= 15 is 0 Å². The number of hydrogen-bond donors (Lipinski definition) is 2. The molecular formula is C12H18O4. The first-order valence-corrected chi connectivity index (χ1v) is 5.62. The van der Waals surface area contributed by atoms with Crippen molar-refractivity contribution < 1.29 is 19.8 Å². The second-order valence-electron chi connectivity index (χ2n) is 4.54. The summed E-state index contributed by atoms with van der Waals surface area (Å²) < 4.78 is 0. The van der Waals surface area contributed by atoms with Gasteiger partial charge in [0.25, 0.3) is 0 Å². The van der Waals surface area contributed by atoms with E-state index in [1.807, 2.05) is 0 Å². The Hall–Kier alpha value is -1.32. The van der Waals surface area contributed by atoms with E-state index in [-0.39, 0.29) is 5.92 Å². The van der Waals surface area contributed by atoms with Crippen molar-refractivity contribution in [3.05, 3.63) is 11.1 Å². The minimum absolute atomic E-state index is 0.107. The Morgan fingerprint density at radius 2 is 1.56 bits per heavy atom. The van der Waals surface area contributed by atoms with Crippen LogP contribution in [0.2, 0.25) is 0 Å². The SMILES string of the molecule is CC(=C(C(=O)O)C(=O)O)C1CCCCC1C. The van der Waals surface area contributed by atoms with Gasteiger partial charge in [0.2, 0.25) is 0 Å². The first-order chi connectivity index (χ1) is 7.45. The molecule has 0 heterocycles. The van der Waals surface area contributed by atoms with Gasteiger partial charge in [0.15, 0.2) is 0 Å². The van der Waals surface area contributed by atoms with E-state index in [2.05, 4.69) is 6.92 Å². The van der Waals surface area contributed by atoms with Gasteiger partial charge in [-0.05, 0) is 30.8 Å². The van der Waals surface area contributed by atoms with Crippen molar-refractivity contribution in [3.8, 4) is 0 Å². The van der Waals surface area contributed by atoms with Crippen LogP contribution in [-0.2, 0) is 9.59 Å². The number of rotatable bonds is 3. The zero-order chi connectivity index (χ0) is 12.3. The van der Waals surface area contributed by atoms with Crippen LogP contribution < -0.4 is 0 Å². The standard InChI is InChI=1S/C12H18O4/c1-7-5-3-4-6-9(7)8(2)10(11(13)14)12(15)16/h7,9H,3-6H2,1-2H3,(H,13,14)(H,15,16). The van der Waals surface area contributed by atoms with Crippen LogP contribution in [0.25, 0.3) is 0 Å². The lowest BCUT2D eigenvalue weighted by molar-refractivity contribution is -0.140. The van der Waals surface area contributed by atoms with Crippen molar-refractivity contribution >= 4 is 11.9 Å². The fraction of sp³-hybridized carbons (Fsp3) is 0.667. The molecule has 0 bridgehead atoms. The van der Waals surface area contributed by atoms with Gasteiger partial charge in [0, 0.05) is 0 Å². The lowest BCUT2D eigenvalue weighted by Gasteiger charge is -2.30. The molecular weight excluding hydrogens is 208 g/mol. The van der Waals surface area contributed by atoms with E-state index in [0.717, 1.165) is 25.7 Å². The highest BCUT2D eigenvalue weighted by atomic mass is 16.4. The molecule has 4 nitrogen and oxygen atoms in total. The molecule has 16 heavy (non-hydrogen) atoms. The fourth-order valence-electron chi connectivity index (χ4n) is 2.57. The van der Waals surface area contributed by atoms with Gasteiger partial charge in [-0.2, -0.15) is 0 Å². The van der Waals surface area contributed by atoms with Gasteiger partial charge < -0.3 is 10.2 Å². The van der Waals surface area contributed by atoms with E-state index in [1.54, 1.807) is 6.92 Å². The Kier molecular flexibility index (Phi) is 4.10. The molecule has 1 saturated carbocycles. The van der Waals surface area contributed by atoms with E-state index < -0.39 is 17.5 Å². The second kappa shape index (κ2) is 5.14. The summed E-state index contributed by atoms with van der Waals surface area (Å²) >= 11 is 0. The van der Waals surface area contributed by atoms with Crippen LogP contribution in [0.5, 0.6) is 0 Å². The van der Waals surface area contributed by atoms with E-state index in [9.17, 15) is 9.59 Å². The summed E-state index contributed by atoms with van der Waals surface area (Å²) in [7, 11) is 0. The van der Waals surface area contributed by atoms with Crippen molar-refractivity contribution in [3.63, 3.8) is 0 Å². The molecule has 2 N–H and O–H groups in total. The lowest BCUT2D eigenvalue weighted by Crippen LogP contribution is -2.23. The molecule has 0 saturated heterocycles. The minimum Gasteiger partial charge on any atom is -0.477 e. The second-order valence-corrected chi connectivity index (χ2v) is 4.54. The topological polar surface area (TPSA) is 74.6 Å². The van der Waals surface area contributed by atoms with Crippen LogP contribution in [0, 0.1) is 11.8 Å². The summed E-state index contributed by atoms with van der Waals surface area (Å²) in [5.41, 5.74) is 0.0750. The molecule has 1 fully saturated rings. The average molecular weight is 226 g/mol. The molecule has 0 aromatic heterocycles. The molecule has 0 aromatic rings. The van der Waals surface area contributed by atoms with Crippen molar-refractivity contribution in [2.24, 2.45) is 11.8 Å². The Morgan fingerprint density at radius 3 is 2.00 bits per heavy atom. The fourth-order valence-corrected chi connectivity index (χ4v) is 2.57. The first kappa shape index (κ1) is 12.7. The average Bonchev–Trinajstić information content (AvgIpc) is 2.16. The highest BCUT2D eigenvalue weighted by molar-refractivity contribution is 6.13. The van der Waals surface area contributed by atoms with Gasteiger partial charge in [-0.3, -0.25) is 0 Å². The Balaban J connectivity index is 3.02. The van der Waals surface area contributed by atoms with Gasteiger partial charge in [-0.15, -0.1) is 0 Å². The summed E-state index contributed by atoms with van der Waals surface area (Å²) in [6.07, 6.45) is 4.16. The predicted molar refractivity (Wildman–Crippen MR) is 59.1 cm³/mol. The van der Waals surface area contributed by atoms with Crippen molar-refractivity contribution in [1.29, 1.82) is 0 Å². The van der Waals surface area contributed by atoms with Gasteiger partial charge >= 0.3 is 11.9 Å². The molecule has 4 heteroatoms. The smallest absolute Gasteiger partial charge is 0.343 e. The van der Waals surface area contributed by atoms with Crippen molar-refractivity contribution in [1.82, 2.24) is 0 Å². The summed E-state index contributed by atoms with van der Waals surface area (Å²) in [6, 6.07) is 0. The molecule has 1 aliphatic rings. The number of carboxylic acids is 2. The van der Waals surface area contributed by atoms with Gasteiger partial charge in [-0.25, -0.2) is 9.59 Å². The normalized spacial score (nSPS) is 24.9. The molecule has 1 aliphatic carbocycles. The monoisotopic (exact) mass is 226 g/mol. The number of allylic oxidation sites excluding steroid dienone is 1. The third kappa shape index (κ3) is 2.62. The lowest BCUT2D eigenvalue weighted by atomic mass is 9.75. The van der Waals surface area contributed by atoms with Crippen molar-refractivity contribution in [2.45, 2.75) is 39.5 Å². The van der Waals surface area contributed by atoms with Crippen LogP contribution in [-0.4, -0.2) is 22.2 Å². The van der Waals surface area contributed by atoms with E-state index in [4.69, 9.17) is 10.2 Å². The maximum atomic E-state index is 10.9. The predicted octanol–water partition coefficient (Wildman–Crippen LogP) is 2.30. The highest BCUT2D eigenvalue weighted by Crippen LogP contribution is 2.35. The van der Waals surface area contributed by atoms with Gasteiger partial charge in [0.1, 0.15) is 5.57 Å². The summed E-state index contributed by atoms with van der Waals surface area (Å²) in [4.78, 5) is 21.8. The van der Waals surface area contributed by atoms with Crippen LogP contribution in [0.1, 0.15) is 39.5 Å². The maximum Gasteiger partial charge on any atom is 0.343 e. The molecule has 0 spiro atoms.